The van der Waals surface area contributed by atoms with Crippen LogP contribution in [0.15, 0.2) is 131 Å². The van der Waals surface area contributed by atoms with Gasteiger partial charge in [-0.05, 0) is 109 Å². The van der Waals surface area contributed by atoms with Crippen LogP contribution in [0.3, 0.4) is 0 Å². The fraction of sp³-hybridized carbons (Fsp3) is 0.400. The molecule has 1 unspecified atom stereocenters. The van der Waals surface area contributed by atoms with Crippen LogP contribution in [0.2, 0.25) is 0 Å². The molecule has 0 spiro atoms. The molecule has 2 heterocycles. The fourth-order valence-corrected chi connectivity index (χ4v) is 12.0. The van der Waals surface area contributed by atoms with Crippen molar-refractivity contribution in [3.63, 3.8) is 0 Å². The number of fused-ring (bicyclic) bond motifs is 2. The molecule has 0 saturated heterocycles. The number of ether oxygens (including phenoxy) is 10. The van der Waals surface area contributed by atoms with E-state index in [2.05, 4.69) is 25.2 Å². The van der Waals surface area contributed by atoms with Crippen molar-refractivity contribution in [3.8, 4) is 46.0 Å². The minimum absolute atomic E-state index is 0.0231. The van der Waals surface area contributed by atoms with Crippen LogP contribution >= 0.6 is 0 Å². The molecule has 6 aromatic rings. The molecule has 0 bridgehead atoms. The molecule has 0 fully saturated rings. The lowest BCUT2D eigenvalue weighted by Gasteiger charge is -2.46. The standard InChI is InChI=1S/C53H70N2O13.2C6H6O3S/c1-54(21-18-37-30-48(63-7)49(64-8)31-38(37)41(54)26-35-14-16-44(59-3)46(28-35)61-5)22-19-52(57)67-24-12-11-13-25-68-53(58)20-23-55(2)34-43(56)40-33-51(66-10)50(65-9)32-39(40)42(55)27-36-15-17-45(60-4)47(29-36)62-6;2*7-10(8,9)6-4-2-1-3-5-6/h14-17,28-33,41-42H,11-13,18-27,34H2,1-10H3;2*1-5H,(H,7,8,9)/q+2;;/p-2/t41-,42?,54-,55+;;/m1../s1. The Morgan fingerprint density at radius 1 is 0.477 bits per heavy atom. The van der Waals surface area contributed by atoms with Crippen LogP contribution < -0.4 is 37.9 Å². The third-order valence-electron chi connectivity index (χ3n) is 15.9. The van der Waals surface area contributed by atoms with Gasteiger partial charge in [-0.1, -0.05) is 48.5 Å². The summed E-state index contributed by atoms with van der Waals surface area (Å²) in [6, 6.07) is 33.8. The molecule has 0 saturated carbocycles. The normalized spacial score (nSPS) is 17.6. The Balaban J connectivity index is 0.000000519. The summed E-state index contributed by atoms with van der Waals surface area (Å²) in [6.45, 7) is 2.55. The van der Waals surface area contributed by atoms with Crippen LogP contribution in [0.25, 0.3) is 0 Å². The molecule has 476 valence electrons. The molecule has 88 heavy (non-hydrogen) atoms. The van der Waals surface area contributed by atoms with Gasteiger partial charge in [0.25, 0.3) is 0 Å². The summed E-state index contributed by atoms with van der Waals surface area (Å²) in [5.74, 6) is 4.34. The van der Waals surface area contributed by atoms with Gasteiger partial charge in [-0.25, -0.2) is 16.8 Å². The van der Waals surface area contributed by atoms with Crippen molar-refractivity contribution >= 4 is 38.0 Å². The average molecular weight is 1260 g/mol. The highest BCUT2D eigenvalue weighted by Crippen LogP contribution is 2.45. The van der Waals surface area contributed by atoms with Crippen molar-refractivity contribution in [3.05, 3.63) is 155 Å². The topological polar surface area (TPSA) is 258 Å². The lowest BCUT2D eigenvalue weighted by molar-refractivity contribution is -0.940. The van der Waals surface area contributed by atoms with Gasteiger partial charge in [0.15, 0.2) is 46.0 Å². The number of rotatable bonds is 26. The van der Waals surface area contributed by atoms with E-state index in [0.29, 0.717) is 99.3 Å². The van der Waals surface area contributed by atoms with Gasteiger partial charge in [-0.15, -0.1) is 0 Å². The number of methoxy groups -OCH3 is 8. The molecule has 0 N–H and O–H groups in total. The first kappa shape index (κ1) is 69.2. The first-order valence-electron chi connectivity index (χ1n) is 28.5. The first-order valence-corrected chi connectivity index (χ1v) is 31.3. The third-order valence-corrected chi connectivity index (χ3v) is 17.6. The van der Waals surface area contributed by atoms with E-state index in [1.165, 1.54) is 59.7 Å². The number of carbonyl (C=O) groups excluding carboxylic acids is 3. The minimum Gasteiger partial charge on any atom is -0.744 e. The van der Waals surface area contributed by atoms with Crippen LogP contribution in [0.4, 0.5) is 0 Å². The predicted octanol–water partition coefficient (Wildman–Crippen LogP) is 8.89. The molecule has 2 aliphatic heterocycles. The maximum Gasteiger partial charge on any atom is 0.311 e. The molecule has 21 nitrogen and oxygen atoms in total. The van der Waals surface area contributed by atoms with Gasteiger partial charge < -0.3 is 65.4 Å². The molecule has 23 heteroatoms. The number of nitrogens with zero attached hydrogens (tertiary/aromatic N) is 2. The highest BCUT2D eigenvalue weighted by molar-refractivity contribution is 7.86. The predicted molar refractivity (Wildman–Crippen MR) is 325 cm³/mol. The summed E-state index contributed by atoms with van der Waals surface area (Å²) in [6.07, 6.45) is 4.50. The number of hydrogen-bond donors (Lipinski definition) is 0. The number of benzene rings is 6. The average Bonchev–Trinajstić information content (AvgIpc) is 1.32. The largest absolute Gasteiger partial charge is 0.744 e. The van der Waals surface area contributed by atoms with E-state index in [0.717, 1.165) is 36.1 Å². The van der Waals surface area contributed by atoms with Crippen molar-refractivity contribution in [2.75, 3.05) is 110 Å². The number of Topliss-reactive ketones (excluding diaryl/α,β-unsaturated/α-hetero) is 1. The number of ketones is 1. The quantitative estimate of drug-likeness (QED) is 0.0212. The van der Waals surface area contributed by atoms with E-state index in [1.54, 1.807) is 75.1 Å². The molecule has 6 aromatic carbocycles. The molecular weight excluding hydrogens is 1180 g/mol. The number of quaternary nitrogens is 2. The first-order chi connectivity index (χ1) is 42.0. The number of hydrogen-bond acceptors (Lipinski definition) is 19. The second-order valence-electron chi connectivity index (χ2n) is 21.5. The van der Waals surface area contributed by atoms with Gasteiger partial charge in [0, 0.05) is 36.0 Å². The van der Waals surface area contributed by atoms with Gasteiger partial charge >= 0.3 is 11.9 Å². The Hall–Kier alpha value is -7.93. The molecule has 8 rings (SSSR count). The molecule has 0 aliphatic carbocycles. The summed E-state index contributed by atoms with van der Waals surface area (Å²) in [5.41, 5.74) is 5.86. The van der Waals surface area contributed by atoms with Gasteiger partial charge in [-0.3, -0.25) is 14.4 Å². The Labute approximate surface area is 516 Å². The lowest BCUT2D eigenvalue weighted by atomic mass is 9.85. The number of esters is 2. The molecule has 4 atom stereocenters. The van der Waals surface area contributed by atoms with Crippen LogP contribution in [-0.2, 0) is 58.6 Å². The number of unbranched alkanes of at least 4 members (excludes halogenated alkanes) is 2. The van der Waals surface area contributed by atoms with Crippen molar-refractivity contribution in [2.45, 2.75) is 73.2 Å². The summed E-state index contributed by atoms with van der Waals surface area (Å²) >= 11 is 0. The van der Waals surface area contributed by atoms with Gasteiger partial charge in [0.05, 0.1) is 126 Å². The van der Waals surface area contributed by atoms with Crippen molar-refractivity contribution < 1.29 is 96.7 Å². The van der Waals surface area contributed by atoms with Gasteiger partial charge in [-0.2, -0.15) is 0 Å². The zero-order valence-corrected chi connectivity index (χ0v) is 53.2. The summed E-state index contributed by atoms with van der Waals surface area (Å²) < 4.78 is 119. The summed E-state index contributed by atoms with van der Waals surface area (Å²) in [4.78, 5) is 39.8. The fourth-order valence-electron chi connectivity index (χ4n) is 11.0. The van der Waals surface area contributed by atoms with Gasteiger partial charge in [0.1, 0.15) is 38.9 Å². The van der Waals surface area contributed by atoms with Crippen molar-refractivity contribution in [2.24, 2.45) is 0 Å². The molecule has 0 aromatic heterocycles. The van der Waals surface area contributed by atoms with E-state index < -0.39 is 20.2 Å². The Morgan fingerprint density at radius 2 is 0.864 bits per heavy atom. The van der Waals surface area contributed by atoms with E-state index in [-0.39, 0.29) is 72.2 Å². The second kappa shape index (κ2) is 31.8. The van der Waals surface area contributed by atoms with E-state index in [1.807, 2.05) is 43.4 Å². The SMILES string of the molecule is COc1ccc(CC2c3cc(OC)c(OC)cc3C(=O)C[N@+]2(C)CCC(=O)OCCCCCOC(=O)CC[N@@+]2(C)CCc3cc(OC)c(OC)cc3[C@H]2Cc2ccc(OC)c(OC)c2)cc1OC.O=S(=O)([O-])c1ccccc1.O=S(=O)([O-])c1ccccc1. The second-order valence-corrected chi connectivity index (χ2v) is 24.3. The monoisotopic (exact) mass is 1260 g/mol. The highest BCUT2D eigenvalue weighted by Gasteiger charge is 2.45. The lowest BCUT2D eigenvalue weighted by Crippen LogP contribution is -2.55. The Bertz CT molecular complexity index is 3480. The maximum absolute atomic E-state index is 13.7. The minimum atomic E-state index is -4.25. The van der Waals surface area contributed by atoms with Crippen LogP contribution in [0, 0.1) is 0 Å². The zero-order chi connectivity index (χ0) is 64.2. The summed E-state index contributed by atoms with van der Waals surface area (Å²) in [5, 5.41) is 0. The third kappa shape index (κ3) is 18.3. The smallest absolute Gasteiger partial charge is 0.311 e. The number of likely N-dealkylation sites (N-methyl/N-ethyl adjacent to an activating group) is 2. The van der Waals surface area contributed by atoms with E-state index >= 15 is 0 Å². The van der Waals surface area contributed by atoms with Crippen LogP contribution in [0.5, 0.6) is 46.0 Å². The van der Waals surface area contributed by atoms with E-state index in [9.17, 15) is 40.3 Å². The van der Waals surface area contributed by atoms with E-state index in [4.69, 9.17) is 47.4 Å². The van der Waals surface area contributed by atoms with Crippen molar-refractivity contribution in [1.82, 2.24) is 0 Å². The van der Waals surface area contributed by atoms with Crippen molar-refractivity contribution in [1.29, 1.82) is 0 Å². The summed E-state index contributed by atoms with van der Waals surface area (Å²) in [7, 11) is 8.58. The maximum atomic E-state index is 13.7. The molecule has 0 amide bonds. The molecule has 2 aliphatic rings. The molecule has 0 radical (unpaired) electrons. The molecular formula is C65H80N2O19S2. The Morgan fingerprint density at radius 3 is 1.28 bits per heavy atom. The zero-order valence-electron chi connectivity index (χ0n) is 51.6. The highest BCUT2D eigenvalue weighted by atomic mass is 32.2. The van der Waals surface area contributed by atoms with Gasteiger partial charge in [0.2, 0.25) is 5.78 Å². The number of carbonyl (C=O) groups is 3. The van der Waals surface area contributed by atoms with Crippen LogP contribution in [-0.4, -0.2) is 163 Å². The Kier molecular flexibility index (Phi) is 25.0. The van der Waals surface area contributed by atoms with Crippen LogP contribution in [0.1, 0.15) is 82.4 Å².